The largest absolute Gasteiger partial charge is 0.338 e. The first-order valence-electron chi connectivity index (χ1n) is 8.35. The standard InChI is InChI=1S/C18H21ClN2O4S2/c1-3-21(12-15-7-8-17(19)26-15)18(23)9-10-20-27(24,25)16-6-4-5-14(11-16)13(2)22/h4-8,11,20H,3,9-10,12H2,1-2H3. The number of ketones is 1. The fourth-order valence-electron chi connectivity index (χ4n) is 2.42. The number of benzene rings is 1. The Morgan fingerprint density at radius 2 is 1.96 bits per heavy atom. The minimum atomic E-state index is -3.79. The van der Waals surface area contributed by atoms with E-state index in [9.17, 15) is 18.0 Å². The van der Waals surface area contributed by atoms with Crippen LogP contribution in [0.25, 0.3) is 0 Å². The SMILES string of the molecule is CCN(Cc1ccc(Cl)s1)C(=O)CCNS(=O)(=O)c1cccc(C(C)=O)c1. The summed E-state index contributed by atoms with van der Waals surface area (Å²) >= 11 is 7.32. The highest BCUT2D eigenvalue weighted by Crippen LogP contribution is 2.22. The van der Waals surface area contributed by atoms with E-state index in [-0.39, 0.29) is 29.6 Å². The molecule has 0 bridgehead atoms. The van der Waals surface area contributed by atoms with Gasteiger partial charge in [-0.1, -0.05) is 23.7 Å². The van der Waals surface area contributed by atoms with Gasteiger partial charge in [-0.15, -0.1) is 11.3 Å². The molecule has 0 aliphatic carbocycles. The van der Waals surface area contributed by atoms with Crippen molar-refractivity contribution < 1.29 is 18.0 Å². The molecule has 1 aromatic carbocycles. The maximum absolute atomic E-state index is 12.4. The van der Waals surface area contributed by atoms with E-state index in [4.69, 9.17) is 11.6 Å². The predicted molar refractivity (Wildman–Crippen MR) is 107 cm³/mol. The molecule has 9 heteroatoms. The van der Waals surface area contributed by atoms with E-state index < -0.39 is 10.0 Å². The lowest BCUT2D eigenvalue weighted by Gasteiger charge is -2.20. The first-order valence-corrected chi connectivity index (χ1v) is 11.0. The van der Waals surface area contributed by atoms with Gasteiger partial charge in [-0.05, 0) is 38.1 Å². The molecule has 0 saturated heterocycles. The maximum atomic E-state index is 12.4. The van der Waals surface area contributed by atoms with E-state index in [1.165, 1.54) is 36.5 Å². The Balaban J connectivity index is 1.94. The average Bonchev–Trinajstić information content (AvgIpc) is 3.04. The van der Waals surface area contributed by atoms with Crippen LogP contribution in [0, 0.1) is 0 Å². The van der Waals surface area contributed by atoms with E-state index in [1.54, 1.807) is 17.0 Å². The summed E-state index contributed by atoms with van der Waals surface area (Å²) < 4.78 is 27.8. The van der Waals surface area contributed by atoms with Crippen molar-refractivity contribution in [1.29, 1.82) is 0 Å². The van der Waals surface area contributed by atoms with Gasteiger partial charge in [0, 0.05) is 30.0 Å². The number of carbonyl (C=O) groups excluding carboxylic acids is 2. The summed E-state index contributed by atoms with van der Waals surface area (Å²) in [6.07, 6.45) is 0.0403. The second kappa shape index (κ2) is 9.45. The topological polar surface area (TPSA) is 83.6 Å². The van der Waals surface area contributed by atoms with E-state index in [1.807, 2.05) is 13.0 Å². The van der Waals surface area contributed by atoms with Crippen LogP contribution in [0.5, 0.6) is 0 Å². The van der Waals surface area contributed by atoms with Gasteiger partial charge in [-0.25, -0.2) is 13.1 Å². The van der Waals surface area contributed by atoms with Crippen molar-refractivity contribution in [3.8, 4) is 0 Å². The number of amides is 1. The van der Waals surface area contributed by atoms with E-state index in [0.717, 1.165) is 4.88 Å². The highest BCUT2D eigenvalue weighted by molar-refractivity contribution is 7.89. The average molecular weight is 429 g/mol. The van der Waals surface area contributed by atoms with Gasteiger partial charge in [0.2, 0.25) is 15.9 Å². The molecule has 0 aliphatic heterocycles. The molecular weight excluding hydrogens is 408 g/mol. The lowest BCUT2D eigenvalue weighted by molar-refractivity contribution is -0.131. The number of nitrogens with zero attached hydrogens (tertiary/aromatic N) is 1. The number of Topliss-reactive ketones (excluding diaryl/α,β-unsaturated/α-hetero) is 1. The van der Waals surface area contributed by atoms with Crippen LogP contribution in [0.4, 0.5) is 0 Å². The van der Waals surface area contributed by atoms with Crippen molar-refractivity contribution in [1.82, 2.24) is 9.62 Å². The fraction of sp³-hybridized carbons (Fsp3) is 0.333. The molecule has 6 nitrogen and oxygen atoms in total. The fourth-order valence-corrected chi connectivity index (χ4v) is 4.60. The molecule has 0 radical (unpaired) electrons. The summed E-state index contributed by atoms with van der Waals surface area (Å²) in [5, 5.41) is 0. The molecule has 0 fully saturated rings. The summed E-state index contributed by atoms with van der Waals surface area (Å²) in [6.45, 7) is 4.18. The van der Waals surface area contributed by atoms with Crippen molar-refractivity contribution >= 4 is 44.7 Å². The zero-order valence-electron chi connectivity index (χ0n) is 15.1. The molecule has 1 N–H and O–H groups in total. The third kappa shape index (κ3) is 6.14. The predicted octanol–water partition coefficient (Wildman–Crippen LogP) is 3.32. The number of halogens is 1. The Morgan fingerprint density at radius 3 is 2.56 bits per heavy atom. The van der Waals surface area contributed by atoms with E-state index in [2.05, 4.69) is 4.72 Å². The summed E-state index contributed by atoms with van der Waals surface area (Å²) in [4.78, 5) is 26.4. The van der Waals surface area contributed by atoms with Gasteiger partial charge in [0.15, 0.2) is 5.78 Å². The molecule has 146 valence electrons. The van der Waals surface area contributed by atoms with Crippen LogP contribution in [0.1, 0.15) is 35.5 Å². The summed E-state index contributed by atoms with van der Waals surface area (Å²) in [6, 6.07) is 9.46. The Bertz CT molecular complexity index is 925. The third-order valence-electron chi connectivity index (χ3n) is 3.89. The van der Waals surface area contributed by atoms with Crippen molar-refractivity contribution in [2.24, 2.45) is 0 Å². The molecule has 1 amide bonds. The molecule has 1 aromatic heterocycles. The number of carbonyl (C=O) groups is 2. The molecule has 2 rings (SSSR count). The summed E-state index contributed by atoms with van der Waals surface area (Å²) in [7, 11) is -3.79. The summed E-state index contributed by atoms with van der Waals surface area (Å²) in [5.74, 6) is -0.364. The lowest BCUT2D eigenvalue weighted by Crippen LogP contribution is -2.34. The number of rotatable bonds is 9. The zero-order valence-corrected chi connectivity index (χ0v) is 17.5. The molecule has 0 unspecified atom stereocenters. The van der Waals surface area contributed by atoms with Crippen LogP contribution in [-0.2, 0) is 21.4 Å². The van der Waals surface area contributed by atoms with Crippen LogP contribution in [0.3, 0.4) is 0 Å². The van der Waals surface area contributed by atoms with E-state index >= 15 is 0 Å². The normalized spacial score (nSPS) is 11.4. The van der Waals surface area contributed by atoms with Gasteiger partial charge in [0.25, 0.3) is 0 Å². The second-order valence-corrected chi connectivity index (χ2v) is 9.41. The van der Waals surface area contributed by atoms with Gasteiger partial charge in [0.1, 0.15) is 0 Å². The zero-order chi connectivity index (χ0) is 20.0. The minimum absolute atomic E-state index is 0.00299. The van der Waals surface area contributed by atoms with Crippen LogP contribution < -0.4 is 4.72 Å². The molecule has 1 heterocycles. The highest BCUT2D eigenvalue weighted by Gasteiger charge is 2.18. The van der Waals surface area contributed by atoms with Crippen molar-refractivity contribution in [2.75, 3.05) is 13.1 Å². The number of hydrogen-bond acceptors (Lipinski definition) is 5. The molecule has 27 heavy (non-hydrogen) atoms. The van der Waals surface area contributed by atoms with Crippen LogP contribution in [-0.4, -0.2) is 38.1 Å². The summed E-state index contributed by atoms with van der Waals surface area (Å²) in [5.41, 5.74) is 0.320. The van der Waals surface area contributed by atoms with Gasteiger partial charge in [-0.2, -0.15) is 0 Å². The number of hydrogen-bond donors (Lipinski definition) is 1. The quantitative estimate of drug-likeness (QED) is 0.621. The monoisotopic (exact) mass is 428 g/mol. The highest BCUT2D eigenvalue weighted by atomic mass is 35.5. The Labute approximate surface area is 168 Å². The van der Waals surface area contributed by atoms with Crippen molar-refractivity contribution in [3.63, 3.8) is 0 Å². The molecule has 2 aromatic rings. The Kier molecular flexibility index (Phi) is 7.55. The van der Waals surface area contributed by atoms with Crippen molar-refractivity contribution in [3.05, 3.63) is 51.2 Å². The van der Waals surface area contributed by atoms with Crippen LogP contribution in [0.2, 0.25) is 4.34 Å². The molecule has 0 atom stereocenters. The number of nitrogens with one attached hydrogen (secondary N) is 1. The maximum Gasteiger partial charge on any atom is 0.240 e. The number of sulfonamides is 1. The number of thiophene rings is 1. The van der Waals surface area contributed by atoms with E-state index in [0.29, 0.717) is 23.0 Å². The van der Waals surface area contributed by atoms with Gasteiger partial charge in [-0.3, -0.25) is 9.59 Å². The second-order valence-electron chi connectivity index (χ2n) is 5.85. The Morgan fingerprint density at radius 1 is 1.22 bits per heavy atom. The minimum Gasteiger partial charge on any atom is -0.338 e. The van der Waals surface area contributed by atoms with Gasteiger partial charge >= 0.3 is 0 Å². The molecule has 0 spiro atoms. The van der Waals surface area contributed by atoms with Crippen LogP contribution in [0.15, 0.2) is 41.3 Å². The first kappa shape index (κ1) is 21.6. The van der Waals surface area contributed by atoms with Crippen molar-refractivity contribution in [2.45, 2.75) is 31.7 Å². The first-order chi connectivity index (χ1) is 12.7. The molecule has 0 saturated carbocycles. The Hall–Kier alpha value is -1.74. The molecule has 0 aliphatic rings. The smallest absolute Gasteiger partial charge is 0.240 e. The lowest BCUT2D eigenvalue weighted by atomic mass is 10.2. The third-order valence-corrected chi connectivity index (χ3v) is 6.57. The van der Waals surface area contributed by atoms with Crippen LogP contribution >= 0.6 is 22.9 Å². The van der Waals surface area contributed by atoms with Gasteiger partial charge in [0.05, 0.1) is 15.8 Å². The molecular formula is C18H21ClN2O4S2. The van der Waals surface area contributed by atoms with Gasteiger partial charge < -0.3 is 4.90 Å².